The standard InChI is InChI=1S/C33H32O16/c1-16(9-13-20-28(38)46-32(3,4)47-29(20)39)7-11-18-24(34)42-22(43-25(18)35)15-23-44-26(36)19(27(37)45-23)12-8-17(2)10-14-21-30(40)48-33(5,6)49-31(21)41/h7-14,22-23,34,36H,15H2,1-6H3/p-2/b11-7+,12-8?,16-9+,17-10?. The van der Waals surface area contributed by atoms with E-state index in [1.807, 2.05) is 0 Å². The van der Waals surface area contributed by atoms with Crippen molar-refractivity contribution in [2.75, 3.05) is 0 Å². The number of hydrogen-bond acceptors (Lipinski definition) is 16. The zero-order chi connectivity index (χ0) is 36.3. The summed E-state index contributed by atoms with van der Waals surface area (Å²) in [5.74, 6) is -10.6. The Balaban J connectivity index is 1.35. The highest BCUT2D eigenvalue weighted by Gasteiger charge is 2.39. The Morgan fingerprint density at radius 3 is 1.20 bits per heavy atom. The molecule has 2 unspecified atom stereocenters. The van der Waals surface area contributed by atoms with Crippen LogP contribution in [0, 0.1) is 0 Å². The highest BCUT2D eigenvalue weighted by Crippen LogP contribution is 2.27. The Kier molecular flexibility index (Phi) is 10.2. The summed E-state index contributed by atoms with van der Waals surface area (Å²) in [5.41, 5.74) is -0.886. The van der Waals surface area contributed by atoms with E-state index in [0.717, 1.165) is 24.3 Å². The Hall–Kier alpha value is -6.06. The molecule has 0 bridgehead atoms. The molecule has 0 spiro atoms. The summed E-state index contributed by atoms with van der Waals surface area (Å²) in [4.78, 5) is 73.2. The zero-order valence-electron chi connectivity index (χ0n) is 27.0. The van der Waals surface area contributed by atoms with Crippen LogP contribution in [0.3, 0.4) is 0 Å². The predicted molar refractivity (Wildman–Crippen MR) is 155 cm³/mol. The number of carbonyl (C=O) groups is 6. The SMILES string of the molecule is CC(C=CC1=C([O-])OC(CC2OC(=O)C(/C=C/C(C)=C/C=C3C(=O)OC(C)(C)OC3=O)=C([O-])O2)OC1=O)=CC=C1C(=O)OC(C)(C)OC1=O. The molecule has 0 aromatic rings. The lowest BCUT2D eigenvalue weighted by molar-refractivity contribution is -0.392. The largest absolute Gasteiger partial charge is 0.576 e. The molecular weight excluding hydrogens is 652 g/mol. The summed E-state index contributed by atoms with van der Waals surface area (Å²) in [6, 6.07) is 0. The van der Waals surface area contributed by atoms with Gasteiger partial charge in [-0.2, -0.15) is 0 Å². The smallest absolute Gasteiger partial charge is 0.348 e. The molecule has 16 nitrogen and oxygen atoms in total. The molecule has 2 atom stereocenters. The third-order valence-electron chi connectivity index (χ3n) is 6.50. The fourth-order valence-corrected chi connectivity index (χ4v) is 4.13. The maximum atomic E-state index is 12.5. The Bertz CT molecular complexity index is 1570. The first kappa shape index (κ1) is 35.8. The summed E-state index contributed by atoms with van der Waals surface area (Å²) in [6.07, 6.45) is 6.22. The van der Waals surface area contributed by atoms with E-state index in [-0.39, 0.29) is 11.1 Å². The van der Waals surface area contributed by atoms with Gasteiger partial charge in [-0.1, -0.05) is 35.5 Å². The van der Waals surface area contributed by atoms with Crippen LogP contribution in [0.25, 0.3) is 0 Å². The first-order valence-corrected chi connectivity index (χ1v) is 14.5. The van der Waals surface area contributed by atoms with Gasteiger partial charge in [0.1, 0.15) is 11.1 Å². The molecule has 0 amide bonds. The van der Waals surface area contributed by atoms with E-state index in [1.165, 1.54) is 52.0 Å². The molecule has 4 heterocycles. The summed E-state index contributed by atoms with van der Waals surface area (Å²) >= 11 is 0. The monoisotopic (exact) mass is 682 g/mol. The molecule has 2 fully saturated rings. The second-order valence-electron chi connectivity index (χ2n) is 11.5. The summed E-state index contributed by atoms with van der Waals surface area (Å²) in [5, 5.41) is 25.0. The van der Waals surface area contributed by atoms with Crippen LogP contribution in [0.5, 0.6) is 0 Å². The van der Waals surface area contributed by atoms with Gasteiger partial charge in [0.25, 0.3) is 11.6 Å². The molecule has 0 aromatic heterocycles. The molecule has 16 heteroatoms. The van der Waals surface area contributed by atoms with Gasteiger partial charge in [0.05, 0.1) is 23.0 Å². The number of rotatable bonds is 8. The van der Waals surface area contributed by atoms with Gasteiger partial charge in [-0.3, -0.25) is 0 Å². The average molecular weight is 683 g/mol. The van der Waals surface area contributed by atoms with Gasteiger partial charge in [-0.05, 0) is 38.2 Å². The zero-order valence-corrected chi connectivity index (χ0v) is 27.0. The number of cyclic esters (lactones) is 6. The number of allylic oxidation sites excluding steroid dienone is 8. The number of ether oxygens (including phenoxy) is 8. The third-order valence-corrected chi connectivity index (χ3v) is 6.50. The summed E-state index contributed by atoms with van der Waals surface area (Å²) in [7, 11) is 0. The summed E-state index contributed by atoms with van der Waals surface area (Å²) in [6.45, 7) is 8.71. The minimum Gasteiger partial charge on any atom is -0.576 e. The van der Waals surface area contributed by atoms with Gasteiger partial charge in [0.2, 0.25) is 0 Å². The van der Waals surface area contributed by atoms with E-state index in [2.05, 4.69) is 0 Å². The van der Waals surface area contributed by atoms with E-state index in [0.29, 0.717) is 11.1 Å². The molecule has 0 N–H and O–H groups in total. The van der Waals surface area contributed by atoms with Crippen molar-refractivity contribution in [3.63, 3.8) is 0 Å². The maximum Gasteiger partial charge on any atom is 0.348 e. The number of carbonyl (C=O) groups excluding carboxylic acids is 6. The number of hydrogen-bond donors (Lipinski definition) is 0. The van der Waals surface area contributed by atoms with E-state index >= 15 is 0 Å². The average Bonchev–Trinajstić information content (AvgIpc) is 2.94. The second kappa shape index (κ2) is 14.0. The van der Waals surface area contributed by atoms with Gasteiger partial charge in [0.15, 0.2) is 12.6 Å². The van der Waals surface area contributed by atoms with Crippen molar-refractivity contribution >= 4 is 35.8 Å². The molecule has 2 saturated heterocycles. The van der Waals surface area contributed by atoms with Crippen molar-refractivity contribution in [3.8, 4) is 0 Å². The molecule has 4 aliphatic heterocycles. The van der Waals surface area contributed by atoms with Crippen LogP contribution in [0.2, 0.25) is 0 Å². The second-order valence-corrected chi connectivity index (χ2v) is 11.5. The van der Waals surface area contributed by atoms with Crippen LogP contribution in [0.15, 0.2) is 93.9 Å². The molecule has 0 saturated carbocycles. The van der Waals surface area contributed by atoms with Crippen molar-refractivity contribution in [2.45, 2.75) is 72.1 Å². The van der Waals surface area contributed by atoms with E-state index in [4.69, 9.17) is 37.9 Å². The maximum absolute atomic E-state index is 12.5. The molecule has 4 aliphatic rings. The van der Waals surface area contributed by atoms with E-state index in [1.54, 1.807) is 13.8 Å². The lowest BCUT2D eigenvalue weighted by atomic mass is 10.1. The fraction of sp³-hybridized carbons (Fsp3) is 0.333. The minimum atomic E-state index is -1.56. The van der Waals surface area contributed by atoms with E-state index < -0.39 is 89.4 Å². The van der Waals surface area contributed by atoms with Crippen molar-refractivity contribution in [1.82, 2.24) is 0 Å². The molecule has 0 aliphatic carbocycles. The van der Waals surface area contributed by atoms with Crippen molar-refractivity contribution < 1.29 is 76.9 Å². The van der Waals surface area contributed by atoms with Gasteiger partial charge in [-0.25, -0.2) is 28.8 Å². The Labute approximate surface area is 278 Å². The van der Waals surface area contributed by atoms with Crippen LogP contribution in [0.1, 0.15) is 48.0 Å². The number of esters is 6. The van der Waals surface area contributed by atoms with Crippen LogP contribution >= 0.6 is 0 Å². The van der Waals surface area contributed by atoms with Gasteiger partial charge >= 0.3 is 35.8 Å². The highest BCUT2D eigenvalue weighted by atomic mass is 16.8. The topological polar surface area (TPSA) is 222 Å². The van der Waals surface area contributed by atoms with Crippen LogP contribution in [-0.4, -0.2) is 60.0 Å². The van der Waals surface area contributed by atoms with Crippen LogP contribution < -0.4 is 10.2 Å². The minimum absolute atomic E-state index is 0.354. The fourth-order valence-electron chi connectivity index (χ4n) is 4.13. The molecule has 4 rings (SSSR count). The molecule has 260 valence electrons. The lowest BCUT2D eigenvalue weighted by Crippen LogP contribution is -2.41. The van der Waals surface area contributed by atoms with Crippen molar-refractivity contribution in [3.05, 3.63) is 93.9 Å². The third kappa shape index (κ3) is 9.06. The van der Waals surface area contributed by atoms with Crippen LogP contribution in [0.4, 0.5) is 0 Å². The van der Waals surface area contributed by atoms with Gasteiger partial charge < -0.3 is 48.1 Å². The highest BCUT2D eigenvalue weighted by molar-refractivity contribution is 6.16. The Morgan fingerprint density at radius 1 is 0.571 bits per heavy atom. The van der Waals surface area contributed by atoms with Gasteiger partial charge in [-0.15, -0.1) is 0 Å². The predicted octanol–water partition coefficient (Wildman–Crippen LogP) is 0.849. The van der Waals surface area contributed by atoms with Gasteiger partial charge in [0, 0.05) is 34.1 Å². The first-order valence-electron chi connectivity index (χ1n) is 14.5. The van der Waals surface area contributed by atoms with E-state index in [9.17, 15) is 39.0 Å². The summed E-state index contributed by atoms with van der Waals surface area (Å²) < 4.78 is 40.3. The molecule has 0 aromatic carbocycles. The van der Waals surface area contributed by atoms with Crippen molar-refractivity contribution in [1.29, 1.82) is 0 Å². The normalized spacial score (nSPS) is 24.4. The Morgan fingerprint density at radius 2 is 0.898 bits per heavy atom. The lowest BCUT2D eigenvalue weighted by Gasteiger charge is -2.38. The molecule has 49 heavy (non-hydrogen) atoms. The molecule has 0 radical (unpaired) electrons. The molecular formula is C33H30O16-2. The van der Waals surface area contributed by atoms with Crippen molar-refractivity contribution in [2.24, 2.45) is 0 Å². The van der Waals surface area contributed by atoms with Crippen LogP contribution in [-0.2, 0) is 66.7 Å². The first-order chi connectivity index (χ1) is 22.8. The quantitative estimate of drug-likeness (QED) is 0.114.